The average Bonchev–Trinajstić information content (AvgIpc) is 2.07. The molecule has 0 bridgehead atoms. The Balaban J connectivity index is 2.80. The van der Waals surface area contributed by atoms with Gasteiger partial charge in [0.15, 0.2) is 11.6 Å². The van der Waals surface area contributed by atoms with Crippen LogP contribution in [0.1, 0.15) is 12.5 Å². The fourth-order valence-electron chi connectivity index (χ4n) is 0.854. The summed E-state index contributed by atoms with van der Waals surface area (Å²) >= 11 is 0. The molecule has 70 valence electrons. The Labute approximate surface area is 75.1 Å². The molecule has 2 nitrogen and oxygen atoms in total. The molecule has 0 aliphatic heterocycles. The molecular formula is C9H10F2N2. The Hall–Kier alpha value is -1.45. The van der Waals surface area contributed by atoms with Crippen LogP contribution in [0, 0.1) is 11.6 Å². The summed E-state index contributed by atoms with van der Waals surface area (Å²) in [7, 11) is 0. The first-order valence-electron chi connectivity index (χ1n) is 3.80. The van der Waals surface area contributed by atoms with E-state index in [1.165, 1.54) is 6.07 Å². The van der Waals surface area contributed by atoms with E-state index in [1.807, 2.05) is 0 Å². The fraction of sp³-hybridized carbons (Fsp3) is 0.222. The van der Waals surface area contributed by atoms with Crippen LogP contribution in [0.4, 0.5) is 8.78 Å². The van der Waals surface area contributed by atoms with Gasteiger partial charge in [0.1, 0.15) is 0 Å². The van der Waals surface area contributed by atoms with E-state index in [0.717, 1.165) is 12.1 Å². The van der Waals surface area contributed by atoms with Crippen molar-refractivity contribution in [2.75, 3.05) is 0 Å². The van der Waals surface area contributed by atoms with E-state index in [1.54, 1.807) is 6.92 Å². The van der Waals surface area contributed by atoms with Crippen molar-refractivity contribution in [1.29, 1.82) is 0 Å². The maximum Gasteiger partial charge on any atom is 0.159 e. The van der Waals surface area contributed by atoms with Gasteiger partial charge < -0.3 is 5.73 Å². The summed E-state index contributed by atoms with van der Waals surface area (Å²) in [6.45, 7) is 1.92. The molecule has 1 aromatic carbocycles. The molecule has 0 fully saturated rings. The van der Waals surface area contributed by atoms with Crippen LogP contribution in [-0.2, 0) is 6.54 Å². The van der Waals surface area contributed by atoms with Gasteiger partial charge in [-0.15, -0.1) is 0 Å². The van der Waals surface area contributed by atoms with Gasteiger partial charge in [-0.25, -0.2) is 8.78 Å². The number of halogens is 2. The number of rotatable bonds is 2. The van der Waals surface area contributed by atoms with E-state index in [0.29, 0.717) is 11.4 Å². The van der Waals surface area contributed by atoms with E-state index >= 15 is 0 Å². The molecule has 0 unspecified atom stereocenters. The Morgan fingerprint density at radius 1 is 1.38 bits per heavy atom. The lowest BCUT2D eigenvalue weighted by atomic mass is 10.2. The lowest BCUT2D eigenvalue weighted by Crippen LogP contribution is -2.05. The Morgan fingerprint density at radius 2 is 2.08 bits per heavy atom. The highest BCUT2D eigenvalue weighted by molar-refractivity contribution is 5.77. The molecule has 0 radical (unpaired) electrons. The molecular weight excluding hydrogens is 173 g/mol. The zero-order valence-corrected chi connectivity index (χ0v) is 7.22. The number of benzene rings is 1. The summed E-state index contributed by atoms with van der Waals surface area (Å²) in [6.07, 6.45) is 0. The van der Waals surface area contributed by atoms with Crippen molar-refractivity contribution in [1.82, 2.24) is 0 Å². The van der Waals surface area contributed by atoms with Crippen LogP contribution < -0.4 is 5.73 Å². The molecule has 1 rings (SSSR count). The monoisotopic (exact) mass is 183 g/mol. The van der Waals surface area contributed by atoms with Crippen molar-refractivity contribution in [3.8, 4) is 0 Å². The van der Waals surface area contributed by atoms with Crippen molar-refractivity contribution in [2.45, 2.75) is 13.5 Å². The SMILES string of the molecule is CC(N)=NCc1ccc([18F])c(F)c1. The van der Waals surface area contributed by atoms with Crippen LogP contribution in [0.5, 0.6) is 0 Å². The Bertz CT molecular complexity index is 330. The summed E-state index contributed by atoms with van der Waals surface area (Å²) in [5, 5.41) is 0. The third-order valence-electron chi connectivity index (χ3n) is 1.50. The molecule has 0 spiro atoms. The smallest absolute Gasteiger partial charge is 0.159 e. The minimum Gasteiger partial charge on any atom is -0.388 e. The minimum absolute atomic E-state index is 0.277. The van der Waals surface area contributed by atoms with Crippen LogP contribution in [0.25, 0.3) is 0 Å². The number of hydrogen-bond acceptors (Lipinski definition) is 1. The highest BCUT2D eigenvalue weighted by Crippen LogP contribution is 2.09. The van der Waals surface area contributed by atoms with Crippen LogP contribution in [0.2, 0.25) is 0 Å². The van der Waals surface area contributed by atoms with Crippen LogP contribution in [0.3, 0.4) is 0 Å². The highest BCUT2D eigenvalue weighted by atomic mass is 19.1. The van der Waals surface area contributed by atoms with Crippen molar-refractivity contribution in [3.63, 3.8) is 0 Å². The first-order valence-corrected chi connectivity index (χ1v) is 3.80. The molecule has 0 amide bonds. The topological polar surface area (TPSA) is 38.4 Å². The maximum atomic E-state index is 12.6. The predicted octanol–water partition coefficient (Wildman–Crippen LogP) is 1.84. The number of hydrogen-bond donors (Lipinski definition) is 1. The number of nitrogens with two attached hydrogens (primary N) is 1. The largest absolute Gasteiger partial charge is 0.388 e. The Kier molecular flexibility index (Phi) is 2.95. The zero-order valence-electron chi connectivity index (χ0n) is 7.22. The first kappa shape index (κ1) is 9.64. The summed E-state index contributed by atoms with van der Waals surface area (Å²) < 4.78 is 25.1. The number of amidine groups is 1. The quantitative estimate of drug-likeness (QED) is 0.551. The second-order valence-corrected chi connectivity index (χ2v) is 2.71. The van der Waals surface area contributed by atoms with Gasteiger partial charge in [0.2, 0.25) is 0 Å². The van der Waals surface area contributed by atoms with Gasteiger partial charge in [-0.2, -0.15) is 0 Å². The molecule has 0 aliphatic rings. The third kappa shape index (κ3) is 2.82. The minimum atomic E-state index is -0.859. The molecule has 0 atom stereocenters. The lowest BCUT2D eigenvalue weighted by molar-refractivity contribution is 0.507. The first-order chi connectivity index (χ1) is 6.09. The van der Waals surface area contributed by atoms with E-state index in [9.17, 15) is 8.78 Å². The zero-order chi connectivity index (χ0) is 9.84. The normalized spacial score (nSPS) is 11.8. The summed E-state index contributed by atoms with van der Waals surface area (Å²) in [4.78, 5) is 3.87. The van der Waals surface area contributed by atoms with Crippen molar-refractivity contribution < 1.29 is 8.78 Å². The van der Waals surface area contributed by atoms with E-state index in [-0.39, 0.29) is 6.54 Å². The second kappa shape index (κ2) is 3.98. The molecule has 0 heterocycles. The highest BCUT2D eigenvalue weighted by Gasteiger charge is 2.01. The van der Waals surface area contributed by atoms with E-state index in [4.69, 9.17) is 5.73 Å². The lowest BCUT2D eigenvalue weighted by Gasteiger charge is -1.98. The van der Waals surface area contributed by atoms with Gasteiger partial charge in [0, 0.05) is 0 Å². The molecule has 0 aliphatic carbocycles. The molecule has 13 heavy (non-hydrogen) atoms. The van der Waals surface area contributed by atoms with E-state index in [2.05, 4.69) is 4.99 Å². The standard InChI is InChI=1S/C9H10F2N2/c1-6(12)13-5-7-2-3-8(10)9(11)4-7/h2-4H,5H2,1H3,(H2,12,13)/i10-1. The van der Waals surface area contributed by atoms with E-state index < -0.39 is 11.6 Å². The Morgan fingerprint density at radius 3 is 2.62 bits per heavy atom. The van der Waals surface area contributed by atoms with Crippen molar-refractivity contribution >= 4 is 5.84 Å². The summed E-state index contributed by atoms with van der Waals surface area (Å²) in [5.74, 6) is -1.29. The van der Waals surface area contributed by atoms with Crippen molar-refractivity contribution in [3.05, 3.63) is 35.4 Å². The molecule has 1 aromatic rings. The molecule has 0 saturated heterocycles. The predicted molar refractivity (Wildman–Crippen MR) is 47.4 cm³/mol. The van der Waals surface area contributed by atoms with Gasteiger partial charge in [0.25, 0.3) is 0 Å². The summed E-state index contributed by atoms with van der Waals surface area (Å²) in [6, 6.07) is 3.67. The number of aliphatic imine (C=N–C) groups is 1. The third-order valence-corrected chi connectivity index (χ3v) is 1.50. The van der Waals surface area contributed by atoms with Crippen LogP contribution >= 0.6 is 0 Å². The van der Waals surface area contributed by atoms with Gasteiger partial charge in [-0.3, -0.25) is 4.99 Å². The van der Waals surface area contributed by atoms with Gasteiger partial charge >= 0.3 is 0 Å². The van der Waals surface area contributed by atoms with Crippen LogP contribution in [-0.4, -0.2) is 5.84 Å². The van der Waals surface area contributed by atoms with Gasteiger partial charge in [-0.1, -0.05) is 6.07 Å². The van der Waals surface area contributed by atoms with Gasteiger partial charge in [0.05, 0.1) is 12.4 Å². The fourth-order valence-corrected chi connectivity index (χ4v) is 0.854. The van der Waals surface area contributed by atoms with Gasteiger partial charge in [-0.05, 0) is 24.6 Å². The average molecular weight is 183 g/mol. The van der Waals surface area contributed by atoms with Crippen LogP contribution in [0.15, 0.2) is 23.2 Å². The maximum absolute atomic E-state index is 12.6. The molecule has 2 N–H and O–H groups in total. The summed E-state index contributed by atoms with van der Waals surface area (Å²) in [5.41, 5.74) is 5.89. The number of nitrogens with zero attached hydrogens (tertiary/aromatic N) is 1. The van der Waals surface area contributed by atoms with Crippen molar-refractivity contribution in [2.24, 2.45) is 10.7 Å². The molecule has 0 aromatic heterocycles. The molecule has 0 saturated carbocycles. The molecule has 4 heteroatoms. The second-order valence-electron chi connectivity index (χ2n) is 2.71.